The predicted molar refractivity (Wildman–Crippen MR) is 93.3 cm³/mol. The van der Waals surface area contributed by atoms with Crippen LogP contribution in [0.4, 0.5) is 0 Å². The number of nitrogens with one attached hydrogen (secondary N) is 1. The summed E-state index contributed by atoms with van der Waals surface area (Å²) >= 11 is 1.41. The van der Waals surface area contributed by atoms with Crippen molar-refractivity contribution < 1.29 is 14.6 Å². The molecule has 2 aromatic rings. The third kappa shape index (κ3) is 5.45. The molecule has 0 fully saturated rings. The Morgan fingerprint density at radius 1 is 1.26 bits per heavy atom. The van der Waals surface area contributed by atoms with Gasteiger partial charge in [0.25, 0.3) is 5.91 Å². The largest absolute Gasteiger partial charge is 0.513 e. The Morgan fingerprint density at radius 3 is 2.61 bits per heavy atom. The van der Waals surface area contributed by atoms with E-state index >= 15 is 0 Å². The Hall–Kier alpha value is -2.27. The Bertz CT molecular complexity index is 686. The van der Waals surface area contributed by atoms with Gasteiger partial charge in [-0.25, -0.2) is 0 Å². The summed E-state index contributed by atoms with van der Waals surface area (Å²) in [5.74, 6) is 0.760. The number of aryl methyl sites for hydroxylation is 2. The molecule has 0 saturated carbocycles. The van der Waals surface area contributed by atoms with Crippen molar-refractivity contribution in [2.45, 2.75) is 26.9 Å². The van der Waals surface area contributed by atoms with Gasteiger partial charge in [-0.15, -0.1) is 11.3 Å². The second-order valence-corrected chi connectivity index (χ2v) is 6.62. The van der Waals surface area contributed by atoms with E-state index in [1.807, 2.05) is 32.0 Å². The molecule has 23 heavy (non-hydrogen) atoms. The summed E-state index contributed by atoms with van der Waals surface area (Å²) in [4.78, 5) is 13.6. The van der Waals surface area contributed by atoms with E-state index in [2.05, 4.69) is 18.0 Å². The fraction of sp³-hybridized carbons (Fsp3) is 0.278. The maximum absolute atomic E-state index is 12.0. The number of amides is 1. The molecule has 0 atom stereocenters. The Morgan fingerprint density at radius 2 is 1.96 bits per heavy atom. The van der Waals surface area contributed by atoms with Crippen molar-refractivity contribution in [3.8, 4) is 5.75 Å². The van der Waals surface area contributed by atoms with Crippen molar-refractivity contribution >= 4 is 17.2 Å². The number of carbonyl (C=O) groups excluding carboxylic acids is 1. The lowest BCUT2D eigenvalue weighted by atomic mass is 10.1. The van der Waals surface area contributed by atoms with Crippen LogP contribution in [-0.4, -0.2) is 17.6 Å². The highest BCUT2D eigenvalue weighted by Gasteiger charge is 2.09. The zero-order chi connectivity index (χ0) is 16.8. The van der Waals surface area contributed by atoms with Crippen molar-refractivity contribution in [1.82, 2.24) is 5.32 Å². The average molecular weight is 331 g/mol. The van der Waals surface area contributed by atoms with Gasteiger partial charge in [-0.1, -0.05) is 12.6 Å². The van der Waals surface area contributed by atoms with Gasteiger partial charge in [0.1, 0.15) is 12.4 Å². The van der Waals surface area contributed by atoms with E-state index in [9.17, 15) is 4.79 Å². The van der Waals surface area contributed by atoms with E-state index in [1.165, 1.54) is 11.3 Å². The van der Waals surface area contributed by atoms with Crippen LogP contribution in [0.1, 0.15) is 32.1 Å². The van der Waals surface area contributed by atoms with Crippen LogP contribution in [0.3, 0.4) is 0 Å². The highest BCUT2D eigenvalue weighted by molar-refractivity contribution is 7.14. The number of aliphatic hydroxyl groups is 1. The molecule has 0 aliphatic rings. The molecule has 2 N–H and O–H groups in total. The van der Waals surface area contributed by atoms with Crippen molar-refractivity contribution in [2.24, 2.45) is 0 Å². The summed E-state index contributed by atoms with van der Waals surface area (Å²) in [6.07, 6.45) is 0.361. The lowest BCUT2D eigenvalue weighted by molar-refractivity contribution is 0.0957. The van der Waals surface area contributed by atoms with Gasteiger partial charge >= 0.3 is 0 Å². The van der Waals surface area contributed by atoms with Crippen LogP contribution < -0.4 is 10.1 Å². The molecule has 4 nitrogen and oxygen atoms in total. The number of aliphatic hydroxyl groups excluding tert-OH is 1. The van der Waals surface area contributed by atoms with Crippen molar-refractivity contribution in [2.75, 3.05) is 6.54 Å². The summed E-state index contributed by atoms with van der Waals surface area (Å²) in [5, 5.41) is 11.7. The summed E-state index contributed by atoms with van der Waals surface area (Å²) in [6.45, 7) is 8.27. The second-order valence-electron chi connectivity index (χ2n) is 5.45. The number of carbonyl (C=O) groups is 1. The molecule has 1 aromatic heterocycles. The monoisotopic (exact) mass is 331 g/mol. The van der Waals surface area contributed by atoms with E-state index in [1.54, 1.807) is 6.07 Å². The van der Waals surface area contributed by atoms with E-state index in [0.717, 1.165) is 21.8 Å². The Labute approximate surface area is 140 Å². The lowest BCUT2D eigenvalue weighted by Gasteiger charge is -2.07. The topological polar surface area (TPSA) is 58.6 Å². The van der Waals surface area contributed by atoms with Crippen LogP contribution >= 0.6 is 11.3 Å². The Kier molecular flexibility index (Phi) is 5.82. The van der Waals surface area contributed by atoms with Crippen LogP contribution in [0, 0.1) is 13.8 Å². The first-order valence-electron chi connectivity index (χ1n) is 7.39. The van der Waals surface area contributed by atoms with Gasteiger partial charge in [-0.3, -0.25) is 4.79 Å². The van der Waals surface area contributed by atoms with Crippen LogP contribution in [-0.2, 0) is 6.61 Å². The van der Waals surface area contributed by atoms with Crippen molar-refractivity contribution in [3.05, 3.63) is 63.6 Å². The third-order valence-electron chi connectivity index (χ3n) is 3.16. The molecule has 0 spiro atoms. The Balaban J connectivity index is 1.89. The molecule has 0 aliphatic heterocycles. The normalized spacial score (nSPS) is 10.3. The molecule has 122 valence electrons. The molecule has 0 bridgehead atoms. The summed E-state index contributed by atoms with van der Waals surface area (Å²) in [5.41, 5.74) is 2.33. The number of thiophene rings is 1. The molecule has 0 aliphatic carbocycles. The van der Waals surface area contributed by atoms with Gasteiger partial charge in [-0.2, -0.15) is 0 Å². The molecule has 0 saturated heterocycles. The fourth-order valence-electron chi connectivity index (χ4n) is 2.16. The smallest absolute Gasteiger partial charge is 0.261 e. The SMILES string of the molecule is C=C(O)CCNC(=O)c1ccc(COc2cc(C)cc(C)c2)s1. The van der Waals surface area contributed by atoms with Crippen molar-refractivity contribution in [1.29, 1.82) is 0 Å². The maximum atomic E-state index is 12.0. The van der Waals surface area contributed by atoms with Crippen LogP contribution in [0.15, 0.2) is 42.7 Å². The zero-order valence-electron chi connectivity index (χ0n) is 13.4. The first-order chi connectivity index (χ1) is 10.9. The fourth-order valence-corrected chi connectivity index (χ4v) is 2.99. The minimum absolute atomic E-state index is 0.0685. The molecule has 0 unspecified atom stereocenters. The minimum atomic E-state index is -0.145. The minimum Gasteiger partial charge on any atom is -0.513 e. The van der Waals surface area contributed by atoms with E-state index in [-0.39, 0.29) is 11.7 Å². The van der Waals surface area contributed by atoms with E-state index in [4.69, 9.17) is 9.84 Å². The summed E-state index contributed by atoms with van der Waals surface area (Å²) in [7, 11) is 0. The van der Waals surface area contributed by atoms with Gasteiger partial charge in [0, 0.05) is 17.8 Å². The number of hydrogen-bond acceptors (Lipinski definition) is 4. The highest BCUT2D eigenvalue weighted by atomic mass is 32.1. The van der Waals surface area contributed by atoms with Gasteiger partial charge in [0.2, 0.25) is 0 Å². The molecule has 5 heteroatoms. The van der Waals surface area contributed by atoms with Gasteiger partial charge in [-0.05, 0) is 49.2 Å². The van der Waals surface area contributed by atoms with Crippen LogP contribution in [0.5, 0.6) is 5.75 Å². The average Bonchev–Trinajstić information content (AvgIpc) is 2.92. The molecule has 0 radical (unpaired) electrons. The molecule has 1 amide bonds. The summed E-state index contributed by atoms with van der Waals surface area (Å²) < 4.78 is 5.79. The van der Waals surface area contributed by atoms with Crippen molar-refractivity contribution in [3.63, 3.8) is 0 Å². The number of benzene rings is 1. The first-order valence-corrected chi connectivity index (χ1v) is 8.20. The highest BCUT2D eigenvalue weighted by Crippen LogP contribution is 2.21. The molecule has 1 heterocycles. The zero-order valence-corrected chi connectivity index (χ0v) is 14.2. The van der Waals surface area contributed by atoms with Gasteiger partial charge in [0.15, 0.2) is 0 Å². The first kappa shape index (κ1) is 17.1. The maximum Gasteiger partial charge on any atom is 0.261 e. The molecule has 2 rings (SSSR count). The molecular weight excluding hydrogens is 310 g/mol. The second kappa shape index (κ2) is 7.83. The summed E-state index contributed by atoms with van der Waals surface area (Å²) in [6, 6.07) is 9.77. The van der Waals surface area contributed by atoms with Crippen LogP contribution in [0.25, 0.3) is 0 Å². The van der Waals surface area contributed by atoms with E-state index in [0.29, 0.717) is 24.4 Å². The number of rotatable bonds is 7. The third-order valence-corrected chi connectivity index (χ3v) is 4.22. The molecular formula is C18H21NO3S. The standard InChI is InChI=1S/C18H21NO3S/c1-12-8-13(2)10-15(9-12)22-11-16-4-5-17(23-16)18(21)19-7-6-14(3)20/h4-5,8-10,20H,3,6-7,11H2,1-2H3,(H,19,21). The van der Waals surface area contributed by atoms with Gasteiger partial charge < -0.3 is 15.2 Å². The predicted octanol–water partition coefficient (Wildman–Crippen LogP) is 4.14. The quantitative estimate of drug-likeness (QED) is 0.750. The van der Waals surface area contributed by atoms with Gasteiger partial charge in [0.05, 0.1) is 10.6 Å². The van der Waals surface area contributed by atoms with Crippen LogP contribution in [0.2, 0.25) is 0 Å². The number of hydrogen-bond donors (Lipinski definition) is 2. The molecule has 1 aromatic carbocycles. The van der Waals surface area contributed by atoms with E-state index < -0.39 is 0 Å². The lowest BCUT2D eigenvalue weighted by Crippen LogP contribution is -2.23. The number of ether oxygens (including phenoxy) is 1.